The van der Waals surface area contributed by atoms with Gasteiger partial charge in [-0.15, -0.1) is 11.3 Å². The van der Waals surface area contributed by atoms with Gasteiger partial charge in [0.15, 0.2) is 0 Å². The van der Waals surface area contributed by atoms with Crippen LogP contribution in [0.25, 0.3) is 114 Å². The van der Waals surface area contributed by atoms with E-state index in [1.165, 1.54) is 108 Å². The van der Waals surface area contributed by atoms with E-state index in [4.69, 9.17) is 0 Å². The second kappa shape index (κ2) is 12.1. The summed E-state index contributed by atoms with van der Waals surface area (Å²) < 4.78 is 9.93. The number of hydrogen-bond donors (Lipinski definition) is 0. The molecular weight excluding hydrogens is 723 g/mol. The molecule has 0 aliphatic rings. The first-order valence-corrected chi connectivity index (χ1v) is 20.7. The van der Waals surface area contributed by atoms with Crippen LogP contribution in [0.3, 0.4) is 0 Å². The van der Waals surface area contributed by atoms with Crippen LogP contribution in [0, 0.1) is 0 Å². The monoisotopic (exact) mass is 755 g/mol. The minimum Gasteiger partial charge on any atom is -0.309 e. The largest absolute Gasteiger partial charge is 0.309 e. The minimum absolute atomic E-state index is 1.15. The van der Waals surface area contributed by atoms with Crippen LogP contribution in [0.1, 0.15) is 0 Å². The highest BCUT2D eigenvalue weighted by atomic mass is 32.1. The van der Waals surface area contributed by atoms with Crippen molar-refractivity contribution in [2.24, 2.45) is 0 Å². The molecule has 0 unspecified atom stereocenters. The number of thiophene rings is 1. The van der Waals surface area contributed by atoms with Crippen LogP contribution in [0.5, 0.6) is 0 Å². The van der Waals surface area contributed by atoms with Crippen molar-refractivity contribution >= 4 is 96.9 Å². The van der Waals surface area contributed by atoms with Gasteiger partial charge in [-0.25, -0.2) is 0 Å². The molecule has 0 aliphatic heterocycles. The van der Waals surface area contributed by atoms with Crippen molar-refractivity contribution in [3.63, 3.8) is 0 Å². The summed E-state index contributed by atoms with van der Waals surface area (Å²) in [6, 6.07) is 73.5. The molecule has 58 heavy (non-hydrogen) atoms. The summed E-state index contributed by atoms with van der Waals surface area (Å²) in [4.78, 5) is 0. The molecule has 0 saturated heterocycles. The van der Waals surface area contributed by atoms with Crippen LogP contribution < -0.4 is 0 Å². The van der Waals surface area contributed by atoms with Gasteiger partial charge < -0.3 is 13.7 Å². The second-order valence-electron chi connectivity index (χ2n) is 15.3. The zero-order valence-corrected chi connectivity index (χ0v) is 32.1. The van der Waals surface area contributed by atoms with E-state index in [9.17, 15) is 0 Å². The predicted octanol–water partition coefficient (Wildman–Crippen LogP) is 15.0. The maximum Gasteiger partial charge on any atom is 0.0719 e. The SMILES string of the molecule is c1ccc2c(c1)sc1c2ccc2c3ccccc3n(-c3ccc(-c4ccc(-n5c6ccccc6c6cc(-n7c8ccccc8c8ccccc87)ccc65)cc4)cc3)c21. The smallest absolute Gasteiger partial charge is 0.0719 e. The molecule has 0 amide bonds. The molecule has 0 spiro atoms. The predicted molar refractivity (Wildman–Crippen MR) is 248 cm³/mol. The molecule has 3 nitrogen and oxygen atoms in total. The van der Waals surface area contributed by atoms with E-state index in [-0.39, 0.29) is 0 Å². The van der Waals surface area contributed by atoms with Gasteiger partial charge in [0.05, 0.1) is 37.8 Å². The Morgan fingerprint density at radius 3 is 1.29 bits per heavy atom. The van der Waals surface area contributed by atoms with Crippen molar-refractivity contribution in [1.29, 1.82) is 0 Å². The molecule has 4 heterocycles. The molecule has 13 aromatic rings. The lowest BCUT2D eigenvalue weighted by Gasteiger charge is -2.12. The third-order valence-corrected chi connectivity index (χ3v) is 13.5. The molecule has 0 radical (unpaired) electrons. The third-order valence-electron chi connectivity index (χ3n) is 12.3. The highest BCUT2D eigenvalue weighted by Gasteiger charge is 2.19. The summed E-state index contributed by atoms with van der Waals surface area (Å²) in [6.45, 7) is 0. The van der Waals surface area contributed by atoms with Gasteiger partial charge in [-0.05, 0) is 83.9 Å². The summed E-state index contributed by atoms with van der Waals surface area (Å²) >= 11 is 1.89. The number of hydrogen-bond acceptors (Lipinski definition) is 1. The summed E-state index contributed by atoms with van der Waals surface area (Å²) in [5.74, 6) is 0. The second-order valence-corrected chi connectivity index (χ2v) is 16.4. The van der Waals surface area contributed by atoms with E-state index in [2.05, 4.69) is 214 Å². The average molecular weight is 756 g/mol. The molecule has 0 aliphatic carbocycles. The molecule has 13 rings (SSSR count). The Morgan fingerprint density at radius 2 is 0.690 bits per heavy atom. The summed E-state index contributed by atoms with van der Waals surface area (Å²) in [5, 5.41) is 10.3. The van der Waals surface area contributed by atoms with E-state index >= 15 is 0 Å². The van der Waals surface area contributed by atoms with E-state index < -0.39 is 0 Å². The number of benzene rings is 9. The van der Waals surface area contributed by atoms with Gasteiger partial charge in [0.1, 0.15) is 0 Å². The highest BCUT2D eigenvalue weighted by molar-refractivity contribution is 7.26. The lowest BCUT2D eigenvalue weighted by molar-refractivity contribution is 1.16. The standard InChI is InChI=1S/C54H33N3S/c1-6-16-47-39(11-1)40-12-2-7-17-48(40)56(47)38-29-32-51-46(33-38)42-14-4-8-18-49(42)55(51)36-25-21-34(22-26-36)35-23-27-37(28-24-35)57-50-19-9-3-13-41(50)44-30-31-45-43-15-5-10-20-52(43)58-54(45)53(44)57/h1-33H. The highest BCUT2D eigenvalue weighted by Crippen LogP contribution is 2.43. The lowest BCUT2D eigenvalue weighted by atomic mass is 10.0. The Hall–Kier alpha value is -7.40. The number of aromatic nitrogens is 3. The Bertz CT molecular complexity index is 3730. The molecule has 4 aromatic heterocycles. The average Bonchev–Trinajstić information content (AvgIpc) is 4.03. The number of rotatable bonds is 4. The minimum atomic E-state index is 1.15. The van der Waals surface area contributed by atoms with Gasteiger partial charge >= 0.3 is 0 Å². The molecule has 270 valence electrons. The van der Waals surface area contributed by atoms with Gasteiger partial charge in [-0.3, -0.25) is 0 Å². The van der Waals surface area contributed by atoms with Crippen molar-refractivity contribution in [3.05, 3.63) is 200 Å². The van der Waals surface area contributed by atoms with Gasteiger partial charge in [-0.1, -0.05) is 127 Å². The van der Waals surface area contributed by atoms with Gasteiger partial charge in [0.25, 0.3) is 0 Å². The van der Waals surface area contributed by atoms with E-state index in [1.54, 1.807) is 0 Å². The normalized spacial score (nSPS) is 12.1. The summed E-state index contributed by atoms with van der Waals surface area (Å²) in [6.07, 6.45) is 0. The van der Waals surface area contributed by atoms with Crippen molar-refractivity contribution in [2.45, 2.75) is 0 Å². The first-order chi connectivity index (χ1) is 28.8. The van der Waals surface area contributed by atoms with Crippen molar-refractivity contribution in [2.75, 3.05) is 0 Å². The Morgan fingerprint density at radius 1 is 0.276 bits per heavy atom. The summed E-state index contributed by atoms with van der Waals surface area (Å²) in [7, 11) is 0. The molecule has 0 bridgehead atoms. The van der Waals surface area contributed by atoms with Gasteiger partial charge in [0.2, 0.25) is 0 Å². The van der Waals surface area contributed by atoms with Crippen molar-refractivity contribution < 1.29 is 0 Å². The molecule has 0 saturated carbocycles. The van der Waals surface area contributed by atoms with Crippen LogP contribution in [-0.2, 0) is 0 Å². The van der Waals surface area contributed by atoms with Gasteiger partial charge in [-0.2, -0.15) is 0 Å². The van der Waals surface area contributed by atoms with E-state index in [1.807, 2.05) is 11.3 Å². The molecule has 0 N–H and O–H groups in total. The Labute approximate surface area is 337 Å². The van der Waals surface area contributed by atoms with Gasteiger partial charge in [0, 0.05) is 64.9 Å². The maximum absolute atomic E-state index is 2.46. The first-order valence-electron chi connectivity index (χ1n) is 19.8. The fourth-order valence-electron chi connectivity index (χ4n) is 9.68. The number of para-hydroxylation sites is 4. The van der Waals surface area contributed by atoms with E-state index in [0.717, 1.165) is 5.69 Å². The quantitative estimate of drug-likeness (QED) is 0.170. The molecule has 4 heteroatoms. The zero-order chi connectivity index (χ0) is 37.9. The van der Waals surface area contributed by atoms with Crippen LogP contribution in [0.2, 0.25) is 0 Å². The summed E-state index contributed by atoms with van der Waals surface area (Å²) in [5.41, 5.74) is 13.2. The Balaban J connectivity index is 0.904. The van der Waals surface area contributed by atoms with Crippen molar-refractivity contribution in [1.82, 2.24) is 13.7 Å². The maximum atomic E-state index is 2.46. The van der Waals surface area contributed by atoms with Crippen LogP contribution >= 0.6 is 11.3 Å². The number of fused-ring (bicyclic) bond motifs is 13. The van der Waals surface area contributed by atoms with Crippen LogP contribution in [-0.4, -0.2) is 13.7 Å². The molecular formula is C54H33N3S. The van der Waals surface area contributed by atoms with Crippen LogP contribution in [0.4, 0.5) is 0 Å². The lowest BCUT2D eigenvalue weighted by Crippen LogP contribution is -1.96. The zero-order valence-electron chi connectivity index (χ0n) is 31.3. The molecule has 0 atom stereocenters. The topological polar surface area (TPSA) is 14.8 Å². The Kier molecular flexibility index (Phi) is 6.60. The fourth-order valence-corrected chi connectivity index (χ4v) is 10.9. The first kappa shape index (κ1) is 31.8. The number of nitrogens with zero attached hydrogens (tertiary/aromatic N) is 3. The van der Waals surface area contributed by atoms with Crippen LogP contribution in [0.15, 0.2) is 200 Å². The van der Waals surface area contributed by atoms with Crippen molar-refractivity contribution in [3.8, 4) is 28.2 Å². The third kappa shape index (κ3) is 4.43. The van der Waals surface area contributed by atoms with E-state index in [0.29, 0.717) is 0 Å². The molecule has 9 aromatic carbocycles. The molecule has 0 fully saturated rings. The fraction of sp³-hybridized carbons (Fsp3) is 0.